The molecule has 0 bridgehead atoms. The van der Waals surface area contributed by atoms with E-state index in [9.17, 15) is 4.79 Å². The zero-order chi connectivity index (χ0) is 17.1. The predicted octanol–water partition coefficient (Wildman–Crippen LogP) is 2.99. The van der Waals surface area contributed by atoms with Crippen LogP contribution in [0.15, 0.2) is 29.6 Å². The van der Waals surface area contributed by atoms with Crippen molar-refractivity contribution < 1.29 is 4.79 Å². The largest absolute Gasteiger partial charge is 0.345 e. The van der Waals surface area contributed by atoms with E-state index in [0.717, 1.165) is 42.6 Å². The Hall–Kier alpha value is -2.39. The third-order valence-electron chi connectivity index (χ3n) is 4.16. The average molecular weight is 340 g/mol. The molecule has 1 aromatic carbocycles. The Labute approximate surface area is 146 Å². The zero-order valence-electron chi connectivity index (χ0n) is 13.9. The van der Waals surface area contributed by atoms with Crippen LogP contribution in [-0.2, 0) is 4.79 Å². The van der Waals surface area contributed by atoms with E-state index in [1.54, 1.807) is 11.3 Å². The van der Waals surface area contributed by atoms with Crippen LogP contribution in [0.5, 0.6) is 0 Å². The maximum absolute atomic E-state index is 12.1. The van der Waals surface area contributed by atoms with E-state index in [0.29, 0.717) is 5.56 Å². The molecule has 1 aliphatic heterocycles. The summed E-state index contributed by atoms with van der Waals surface area (Å²) >= 11 is 1.62. The Morgan fingerprint density at radius 3 is 2.46 bits per heavy atom. The van der Waals surface area contributed by atoms with Gasteiger partial charge in [0.1, 0.15) is 0 Å². The highest BCUT2D eigenvalue weighted by Crippen LogP contribution is 2.28. The molecule has 2 aromatic rings. The van der Waals surface area contributed by atoms with Crippen LogP contribution in [0.25, 0.3) is 11.3 Å². The first-order chi connectivity index (χ1) is 11.6. The number of carbonyl (C=O) groups is 1. The van der Waals surface area contributed by atoms with Crippen molar-refractivity contribution in [3.05, 3.63) is 35.2 Å². The van der Waals surface area contributed by atoms with Gasteiger partial charge >= 0.3 is 0 Å². The standard InChI is InChI=1S/C18H20N4OS/c1-13(2)17(23)21-7-9-22(10-8-21)18-20-16(12-24-18)15-5-3-14(11-19)4-6-15/h3-6,12-13H,7-10H2,1-2H3. The van der Waals surface area contributed by atoms with Gasteiger partial charge in [-0.15, -0.1) is 11.3 Å². The number of hydrogen-bond acceptors (Lipinski definition) is 5. The van der Waals surface area contributed by atoms with Gasteiger partial charge in [-0.1, -0.05) is 26.0 Å². The minimum Gasteiger partial charge on any atom is -0.345 e. The molecular weight excluding hydrogens is 320 g/mol. The summed E-state index contributed by atoms with van der Waals surface area (Å²) in [5, 5.41) is 11.9. The Morgan fingerprint density at radius 1 is 1.21 bits per heavy atom. The number of nitrogens with zero attached hydrogens (tertiary/aromatic N) is 4. The number of thiazole rings is 1. The van der Waals surface area contributed by atoms with Gasteiger partial charge in [0, 0.05) is 43.0 Å². The van der Waals surface area contributed by atoms with Gasteiger partial charge < -0.3 is 9.80 Å². The van der Waals surface area contributed by atoms with Gasteiger partial charge in [0.2, 0.25) is 5.91 Å². The molecule has 1 fully saturated rings. The van der Waals surface area contributed by atoms with Crippen molar-refractivity contribution in [3.63, 3.8) is 0 Å². The second-order valence-electron chi connectivity index (χ2n) is 6.17. The topological polar surface area (TPSA) is 60.2 Å². The third-order valence-corrected chi connectivity index (χ3v) is 5.06. The molecule has 124 valence electrons. The van der Waals surface area contributed by atoms with E-state index in [-0.39, 0.29) is 11.8 Å². The number of benzene rings is 1. The predicted molar refractivity (Wildman–Crippen MR) is 95.9 cm³/mol. The van der Waals surface area contributed by atoms with Crippen LogP contribution in [0.1, 0.15) is 19.4 Å². The third kappa shape index (κ3) is 3.41. The molecular formula is C18H20N4OS. The SMILES string of the molecule is CC(C)C(=O)N1CCN(c2nc(-c3ccc(C#N)cc3)cs2)CC1. The summed E-state index contributed by atoms with van der Waals surface area (Å²) in [5.74, 6) is 0.284. The Balaban J connectivity index is 1.66. The lowest BCUT2D eigenvalue weighted by molar-refractivity contribution is -0.134. The molecule has 2 heterocycles. The van der Waals surface area contributed by atoms with Gasteiger partial charge in [-0.05, 0) is 12.1 Å². The molecule has 5 nitrogen and oxygen atoms in total. The molecule has 3 rings (SSSR count). The van der Waals surface area contributed by atoms with Crippen LogP contribution in [0.3, 0.4) is 0 Å². The van der Waals surface area contributed by atoms with Crippen molar-refractivity contribution in [2.45, 2.75) is 13.8 Å². The van der Waals surface area contributed by atoms with Crippen molar-refractivity contribution in [3.8, 4) is 17.3 Å². The molecule has 0 unspecified atom stereocenters. The van der Waals surface area contributed by atoms with Crippen LogP contribution in [0.4, 0.5) is 5.13 Å². The summed E-state index contributed by atoms with van der Waals surface area (Å²) in [6.07, 6.45) is 0. The molecule has 1 aromatic heterocycles. The monoisotopic (exact) mass is 340 g/mol. The van der Waals surface area contributed by atoms with Crippen LogP contribution in [0, 0.1) is 17.2 Å². The fraction of sp³-hybridized carbons (Fsp3) is 0.389. The fourth-order valence-corrected chi connectivity index (χ4v) is 3.63. The van der Waals surface area contributed by atoms with Crippen LogP contribution in [-0.4, -0.2) is 42.0 Å². The van der Waals surface area contributed by atoms with Crippen molar-refractivity contribution in [1.29, 1.82) is 5.26 Å². The molecule has 0 spiro atoms. The maximum Gasteiger partial charge on any atom is 0.225 e. The second kappa shape index (κ2) is 7.02. The highest BCUT2D eigenvalue weighted by atomic mass is 32.1. The second-order valence-corrected chi connectivity index (χ2v) is 7.01. The lowest BCUT2D eigenvalue weighted by atomic mass is 10.1. The van der Waals surface area contributed by atoms with Crippen LogP contribution < -0.4 is 4.90 Å². The zero-order valence-corrected chi connectivity index (χ0v) is 14.7. The molecule has 6 heteroatoms. The van der Waals surface area contributed by atoms with Gasteiger partial charge in [-0.25, -0.2) is 4.98 Å². The minimum atomic E-state index is 0.0550. The number of piperazine rings is 1. The molecule has 0 atom stereocenters. The molecule has 0 radical (unpaired) electrons. The maximum atomic E-state index is 12.1. The van der Waals surface area contributed by atoms with Crippen LogP contribution in [0.2, 0.25) is 0 Å². The minimum absolute atomic E-state index is 0.0550. The number of carbonyl (C=O) groups excluding carboxylic acids is 1. The number of hydrogen-bond donors (Lipinski definition) is 0. The van der Waals surface area contributed by atoms with Gasteiger partial charge in [0.25, 0.3) is 0 Å². The first-order valence-electron chi connectivity index (χ1n) is 8.08. The van der Waals surface area contributed by atoms with Crippen molar-refractivity contribution >= 4 is 22.4 Å². The van der Waals surface area contributed by atoms with E-state index in [1.165, 1.54) is 0 Å². The number of rotatable bonds is 3. The normalized spacial score (nSPS) is 14.8. The highest BCUT2D eigenvalue weighted by Gasteiger charge is 2.24. The van der Waals surface area contributed by atoms with Gasteiger partial charge in [-0.3, -0.25) is 4.79 Å². The fourth-order valence-electron chi connectivity index (χ4n) is 2.74. The molecule has 0 saturated carbocycles. The van der Waals surface area contributed by atoms with Gasteiger partial charge in [-0.2, -0.15) is 5.26 Å². The lowest BCUT2D eigenvalue weighted by Gasteiger charge is -2.35. The Morgan fingerprint density at radius 2 is 1.88 bits per heavy atom. The van der Waals surface area contributed by atoms with Crippen molar-refractivity contribution in [1.82, 2.24) is 9.88 Å². The number of anilines is 1. The summed E-state index contributed by atoms with van der Waals surface area (Å²) in [7, 11) is 0. The summed E-state index contributed by atoms with van der Waals surface area (Å²) in [6.45, 7) is 7.03. The van der Waals surface area contributed by atoms with Gasteiger partial charge in [0.15, 0.2) is 5.13 Å². The number of amides is 1. The first-order valence-corrected chi connectivity index (χ1v) is 8.96. The average Bonchev–Trinajstić information content (AvgIpc) is 3.11. The van der Waals surface area contributed by atoms with E-state index in [1.807, 2.05) is 48.4 Å². The van der Waals surface area contributed by atoms with Crippen LogP contribution >= 0.6 is 11.3 Å². The lowest BCUT2D eigenvalue weighted by Crippen LogP contribution is -2.49. The smallest absolute Gasteiger partial charge is 0.225 e. The quantitative estimate of drug-likeness (QED) is 0.862. The van der Waals surface area contributed by atoms with E-state index >= 15 is 0 Å². The molecule has 1 amide bonds. The summed E-state index contributed by atoms with van der Waals surface area (Å²) in [4.78, 5) is 21.0. The highest BCUT2D eigenvalue weighted by molar-refractivity contribution is 7.14. The van der Waals surface area contributed by atoms with E-state index in [2.05, 4.69) is 11.0 Å². The summed E-state index contributed by atoms with van der Waals surface area (Å²) < 4.78 is 0. The molecule has 0 N–H and O–H groups in total. The Kier molecular flexibility index (Phi) is 4.81. The summed E-state index contributed by atoms with van der Waals surface area (Å²) in [6, 6.07) is 9.60. The van der Waals surface area contributed by atoms with Crippen molar-refractivity contribution in [2.24, 2.45) is 5.92 Å². The summed E-state index contributed by atoms with van der Waals surface area (Å²) in [5.41, 5.74) is 2.60. The molecule has 0 aliphatic carbocycles. The van der Waals surface area contributed by atoms with E-state index in [4.69, 9.17) is 10.2 Å². The van der Waals surface area contributed by atoms with E-state index < -0.39 is 0 Å². The van der Waals surface area contributed by atoms with Gasteiger partial charge in [0.05, 0.1) is 17.3 Å². The number of nitriles is 1. The Bertz CT molecular complexity index is 752. The molecule has 1 aliphatic rings. The number of aromatic nitrogens is 1. The molecule has 24 heavy (non-hydrogen) atoms. The molecule has 1 saturated heterocycles. The first kappa shape index (κ1) is 16.5. The van der Waals surface area contributed by atoms with Crippen molar-refractivity contribution in [2.75, 3.05) is 31.1 Å².